The van der Waals surface area contributed by atoms with Crippen molar-refractivity contribution in [1.29, 1.82) is 5.41 Å². The van der Waals surface area contributed by atoms with Crippen molar-refractivity contribution in [3.8, 4) is 22.8 Å². The normalized spacial score (nSPS) is 10.5. The molecule has 0 aliphatic carbocycles. The molecule has 2 aromatic heterocycles. The SMILES string of the molecule is N=C(N)c1ccc(-c2ccc(-c3ccccc3)o2)o1. The molecular formula is C15H12N2O2. The van der Waals surface area contributed by atoms with Gasteiger partial charge in [0, 0.05) is 5.56 Å². The molecule has 3 N–H and O–H groups in total. The molecule has 0 amide bonds. The lowest BCUT2D eigenvalue weighted by atomic mass is 10.2. The Morgan fingerprint density at radius 3 is 2.11 bits per heavy atom. The van der Waals surface area contributed by atoms with Gasteiger partial charge in [0.15, 0.2) is 23.1 Å². The van der Waals surface area contributed by atoms with Crippen molar-refractivity contribution in [2.75, 3.05) is 0 Å². The molecule has 3 aromatic rings. The van der Waals surface area contributed by atoms with Crippen molar-refractivity contribution in [3.63, 3.8) is 0 Å². The van der Waals surface area contributed by atoms with Crippen LogP contribution in [0.2, 0.25) is 0 Å². The third-order valence-corrected chi connectivity index (χ3v) is 2.78. The van der Waals surface area contributed by atoms with E-state index in [1.807, 2.05) is 42.5 Å². The Bertz CT molecular complexity index is 711. The summed E-state index contributed by atoms with van der Waals surface area (Å²) in [5.74, 6) is 2.20. The number of furan rings is 2. The number of hydrogen-bond acceptors (Lipinski definition) is 3. The van der Waals surface area contributed by atoms with E-state index in [-0.39, 0.29) is 5.84 Å². The third-order valence-electron chi connectivity index (χ3n) is 2.78. The summed E-state index contributed by atoms with van der Waals surface area (Å²) in [7, 11) is 0. The third kappa shape index (κ3) is 2.15. The summed E-state index contributed by atoms with van der Waals surface area (Å²) in [6.45, 7) is 0. The second-order valence-electron chi connectivity index (χ2n) is 4.11. The molecule has 0 atom stereocenters. The molecule has 0 aliphatic rings. The van der Waals surface area contributed by atoms with E-state index in [1.165, 1.54) is 0 Å². The van der Waals surface area contributed by atoms with Gasteiger partial charge in [0.05, 0.1) is 0 Å². The van der Waals surface area contributed by atoms with Crippen LogP contribution in [0.3, 0.4) is 0 Å². The fourth-order valence-corrected chi connectivity index (χ4v) is 1.84. The Balaban J connectivity index is 1.94. The van der Waals surface area contributed by atoms with Gasteiger partial charge in [0.2, 0.25) is 0 Å². The lowest BCUT2D eigenvalue weighted by Gasteiger charge is -1.95. The van der Waals surface area contributed by atoms with E-state index in [4.69, 9.17) is 20.0 Å². The van der Waals surface area contributed by atoms with Crippen LogP contribution in [0.1, 0.15) is 5.76 Å². The summed E-state index contributed by atoms with van der Waals surface area (Å²) >= 11 is 0. The number of nitrogen functional groups attached to an aromatic ring is 1. The van der Waals surface area contributed by atoms with Gasteiger partial charge in [-0.3, -0.25) is 5.41 Å². The lowest BCUT2D eigenvalue weighted by Crippen LogP contribution is -2.09. The van der Waals surface area contributed by atoms with Gasteiger partial charge in [0.1, 0.15) is 5.76 Å². The minimum Gasteiger partial charge on any atom is -0.453 e. The molecule has 0 saturated heterocycles. The van der Waals surface area contributed by atoms with E-state index >= 15 is 0 Å². The van der Waals surface area contributed by atoms with Crippen molar-refractivity contribution in [2.24, 2.45) is 5.73 Å². The number of rotatable bonds is 3. The number of nitrogens with two attached hydrogens (primary N) is 1. The summed E-state index contributed by atoms with van der Waals surface area (Å²) in [5, 5.41) is 7.30. The number of amidine groups is 1. The molecule has 0 saturated carbocycles. The first kappa shape index (κ1) is 11.3. The molecule has 94 valence electrons. The predicted octanol–water partition coefficient (Wildman–Crippen LogP) is 3.49. The van der Waals surface area contributed by atoms with E-state index in [0.29, 0.717) is 17.3 Å². The van der Waals surface area contributed by atoms with Crippen LogP contribution >= 0.6 is 0 Å². The fraction of sp³-hybridized carbons (Fsp3) is 0. The first-order valence-electron chi connectivity index (χ1n) is 5.84. The van der Waals surface area contributed by atoms with Crippen molar-refractivity contribution in [2.45, 2.75) is 0 Å². The summed E-state index contributed by atoms with van der Waals surface area (Å²) in [4.78, 5) is 0. The zero-order valence-electron chi connectivity index (χ0n) is 10.1. The Morgan fingerprint density at radius 2 is 1.42 bits per heavy atom. The highest BCUT2D eigenvalue weighted by Crippen LogP contribution is 2.29. The minimum absolute atomic E-state index is 0.0962. The van der Waals surface area contributed by atoms with Gasteiger partial charge < -0.3 is 14.6 Å². The van der Waals surface area contributed by atoms with Crippen LogP contribution in [0.5, 0.6) is 0 Å². The molecule has 0 spiro atoms. The molecule has 4 nitrogen and oxygen atoms in total. The maximum absolute atomic E-state index is 7.30. The summed E-state index contributed by atoms with van der Waals surface area (Å²) in [5.41, 5.74) is 6.37. The zero-order valence-corrected chi connectivity index (χ0v) is 10.1. The maximum atomic E-state index is 7.30. The highest BCUT2D eigenvalue weighted by atomic mass is 16.4. The first-order valence-corrected chi connectivity index (χ1v) is 5.84. The predicted molar refractivity (Wildman–Crippen MR) is 72.9 cm³/mol. The minimum atomic E-state index is -0.0962. The van der Waals surface area contributed by atoms with Crippen molar-refractivity contribution >= 4 is 5.84 Å². The van der Waals surface area contributed by atoms with Crippen LogP contribution in [0.25, 0.3) is 22.8 Å². The van der Waals surface area contributed by atoms with Crippen molar-refractivity contribution < 1.29 is 8.83 Å². The second kappa shape index (κ2) is 4.49. The highest BCUT2D eigenvalue weighted by molar-refractivity contribution is 5.92. The first-order chi connectivity index (χ1) is 9.24. The number of hydrogen-bond donors (Lipinski definition) is 2. The van der Waals surface area contributed by atoms with Crippen LogP contribution in [-0.4, -0.2) is 5.84 Å². The number of nitrogens with one attached hydrogen (secondary N) is 1. The lowest BCUT2D eigenvalue weighted by molar-refractivity contribution is 0.525. The van der Waals surface area contributed by atoms with Gasteiger partial charge in [-0.1, -0.05) is 30.3 Å². The molecule has 0 aliphatic heterocycles. The maximum Gasteiger partial charge on any atom is 0.170 e. The van der Waals surface area contributed by atoms with Gasteiger partial charge in [-0.2, -0.15) is 0 Å². The summed E-state index contributed by atoms with van der Waals surface area (Å²) < 4.78 is 11.2. The van der Waals surface area contributed by atoms with Crippen LogP contribution in [0.15, 0.2) is 63.4 Å². The van der Waals surface area contributed by atoms with Gasteiger partial charge in [0.25, 0.3) is 0 Å². The molecule has 2 heterocycles. The Morgan fingerprint density at radius 1 is 0.789 bits per heavy atom. The van der Waals surface area contributed by atoms with Crippen molar-refractivity contribution in [1.82, 2.24) is 0 Å². The standard InChI is InChI=1S/C15H12N2O2/c16-15(17)14-9-8-13(19-14)12-7-6-11(18-12)10-4-2-1-3-5-10/h1-9H,(H3,16,17). The Labute approximate surface area is 110 Å². The Kier molecular flexibility index (Phi) is 2.68. The molecule has 0 bridgehead atoms. The average molecular weight is 252 g/mol. The van der Waals surface area contributed by atoms with E-state index < -0.39 is 0 Å². The Hall–Kier alpha value is -2.75. The second-order valence-corrected chi connectivity index (χ2v) is 4.11. The van der Waals surface area contributed by atoms with E-state index in [1.54, 1.807) is 12.1 Å². The van der Waals surface area contributed by atoms with E-state index in [9.17, 15) is 0 Å². The topological polar surface area (TPSA) is 76.2 Å². The van der Waals surface area contributed by atoms with Gasteiger partial charge >= 0.3 is 0 Å². The largest absolute Gasteiger partial charge is 0.453 e. The molecule has 19 heavy (non-hydrogen) atoms. The van der Waals surface area contributed by atoms with Crippen LogP contribution in [0.4, 0.5) is 0 Å². The summed E-state index contributed by atoms with van der Waals surface area (Å²) in [6.07, 6.45) is 0. The van der Waals surface area contributed by atoms with Gasteiger partial charge in [-0.15, -0.1) is 0 Å². The van der Waals surface area contributed by atoms with Crippen LogP contribution in [0, 0.1) is 5.41 Å². The molecule has 0 unspecified atom stereocenters. The highest BCUT2D eigenvalue weighted by Gasteiger charge is 2.11. The monoisotopic (exact) mass is 252 g/mol. The molecule has 4 heteroatoms. The quantitative estimate of drug-likeness (QED) is 0.553. The zero-order chi connectivity index (χ0) is 13.2. The molecule has 1 aromatic carbocycles. The van der Waals surface area contributed by atoms with Crippen LogP contribution < -0.4 is 5.73 Å². The van der Waals surface area contributed by atoms with Crippen molar-refractivity contribution in [3.05, 3.63) is 60.4 Å². The van der Waals surface area contributed by atoms with E-state index in [0.717, 1.165) is 11.3 Å². The van der Waals surface area contributed by atoms with E-state index in [2.05, 4.69) is 0 Å². The van der Waals surface area contributed by atoms with Gasteiger partial charge in [-0.05, 0) is 24.3 Å². The van der Waals surface area contributed by atoms with Gasteiger partial charge in [-0.25, -0.2) is 0 Å². The molecular weight excluding hydrogens is 240 g/mol. The number of benzene rings is 1. The molecule has 0 fully saturated rings. The summed E-state index contributed by atoms with van der Waals surface area (Å²) in [6, 6.07) is 16.9. The van der Waals surface area contributed by atoms with Crippen LogP contribution in [-0.2, 0) is 0 Å². The smallest absolute Gasteiger partial charge is 0.170 e. The molecule has 0 radical (unpaired) electrons. The average Bonchev–Trinajstić information content (AvgIpc) is 3.09. The molecule has 3 rings (SSSR count). The fourth-order valence-electron chi connectivity index (χ4n) is 1.84.